The van der Waals surface area contributed by atoms with E-state index in [4.69, 9.17) is 0 Å². The van der Waals surface area contributed by atoms with Gasteiger partial charge in [-0.3, -0.25) is 5.32 Å². The molecule has 0 aromatic carbocycles. The molecule has 5 nitrogen and oxygen atoms in total. The Morgan fingerprint density at radius 3 is 1.18 bits per heavy atom. The van der Waals surface area contributed by atoms with Gasteiger partial charge in [-0.15, -0.1) is 0 Å². The largest absolute Gasteiger partial charge is 0.351 e. The average Bonchev–Trinajstić information content (AvgIpc) is 1.52. The molecule has 1 aliphatic rings. The van der Waals surface area contributed by atoms with Crippen LogP contribution in [0.2, 0.25) is 0 Å². The Labute approximate surface area is 65.1 Å². The Bertz CT molecular complexity index is 127. The van der Waals surface area contributed by atoms with Crippen LogP contribution in [0.1, 0.15) is 25.7 Å². The highest BCUT2D eigenvalue weighted by atomic mass is 16.2. The number of hydrogen-bond donors (Lipinski definition) is 3. The van der Waals surface area contributed by atoms with Crippen molar-refractivity contribution in [3.8, 4) is 0 Å². The number of urea groups is 2. The first-order chi connectivity index (χ1) is 5.13. The minimum atomic E-state index is -0.938. The molecule has 0 atom stereocenters. The average molecular weight is 159 g/mol. The molecule has 0 spiro atoms. The minimum Gasteiger partial charge on any atom is -0.351 e. The third kappa shape index (κ3) is 8.74. The normalized spacial score (nSPS) is 13.5. The van der Waals surface area contributed by atoms with Gasteiger partial charge in [0, 0.05) is 0 Å². The van der Waals surface area contributed by atoms with Crippen LogP contribution in [0.25, 0.3) is 0 Å². The van der Waals surface area contributed by atoms with Crippen LogP contribution < -0.4 is 16.8 Å². The molecule has 11 heavy (non-hydrogen) atoms. The van der Waals surface area contributed by atoms with E-state index in [0.717, 1.165) is 0 Å². The van der Waals surface area contributed by atoms with Crippen molar-refractivity contribution < 1.29 is 9.59 Å². The molecular formula is C6H13N3O2. The van der Waals surface area contributed by atoms with E-state index in [2.05, 4.69) is 11.5 Å². The number of nitrogens with two attached hydrogens (primary N) is 2. The number of carbonyl (C=O) groups is 2. The quantitative estimate of drug-likeness (QED) is 0.473. The van der Waals surface area contributed by atoms with Gasteiger partial charge >= 0.3 is 12.1 Å². The fourth-order valence-electron chi connectivity index (χ4n) is 0.371. The zero-order valence-corrected chi connectivity index (χ0v) is 6.30. The lowest BCUT2D eigenvalue weighted by molar-refractivity contribution is 0.236. The Morgan fingerprint density at radius 1 is 0.909 bits per heavy atom. The number of amides is 4. The third-order valence-electron chi connectivity index (χ3n) is 1.25. The number of nitrogens with one attached hydrogen (secondary N) is 1. The van der Waals surface area contributed by atoms with Gasteiger partial charge in [-0.25, -0.2) is 9.59 Å². The highest BCUT2D eigenvalue weighted by Gasteiger charge is 1.95. The maximum absolute atomic E-state index is 9.62. The lowest BCUT2D eigenvalue weighted by Gasteiger charge is -2.05. The highest BCUT2D eigenvalue weighted by molar-refractivity contribution is 5.91. The molecule has 1 aliphatic carbocycles. The van der Waals surface area contributed by atoms with Crippen molar-refractivity contribution >= 4 is 12.1 Å². The number of primary amides is 2. The van der Waals surface area contributed by atoms with Crippen molar-refractivity contribution in [2.75, 3.05) is 0 Å². The van der Waals surface area contributed by atoms with Crippen molar-refractivity contribution in [2.24, 2.45) is 11.5 Å². The Balaban J connectivity index is 0.000000207. The summed E-state index contributed by atoms with van der Waals surface area (Å²) in [6.07, 6.45) is 6.00. The van der Waals surface area contributed by atoms with Crippen molar-refractivity contribution in [1.29, 1.82) is 0 Å². The second kappa shape index (κ2) is 5.52. The molecule has 5 N–H and O–H groups in total. The molecule has 0 heterocycles. The topological polar surface area (TPSA) is 98.2 Å². The first-order valence-electron chi connectivity index (χ1n) is 3.49. The molecule has 1 fully saturated rings. The molecule has 64 valence electrons. The van der Waals surface area contributed by atoms with Crippen LogP contribution in [0.4, 0.5) is 9.59 Å². The summed E-state index contributed by atoms with van der Waals surface area (Å²) in [5, 5.41) is 1.58. The van der Waals surface area contributed by atoms with Crippen LogP contribution in [0.3, 0.4) is 0 Å². The van der Waals surface area contributed by atoms with Gasteiger partial charge in [-0.1, -0.05) is 25.7 Å². The van der Waals surface area contributed by atoms with Gasteiger partial charge in [0.1, 0.15) is 0 Å². The first-order valence-corrected chi connectivity index (χ1v) is 3.49. The van der Waals surface area contributed by atoms with Gasteiger partial charge in [0.05, 0.1) is 0 Å². The van der Waals surface area contributed by atoms with Gasteiger partial charge in [0.15, 0.2) is 0 Å². The predicted octanol–water partition coefficient (Wildman–Crippen LogP) is 0.294. The van der Waals surface area contributed by atoms with Crippen LogP contribution in [0, 0.1) is 0 Å². The minimum absolute atomic E-state index is 0.937. The zero-order valence-electron chi connectivity index (χ0n) is 6.30. The second-order valence-corrected chi connectivity index (χ2v) is 2.27. The number of rotatable bonds is 0. The zero-order chi connectivity index (χ0) is 8.69. The molecule has 1 saturated carbocycles. The van der Waals surface area contributed by atoms with Gasteiger partial charge in [-0.2, -0.15) is 0 Å². The van der Waals surface area contributed by atoms with E-state index in [9.17, 15) is 9.59 Å². The lowest BCUT2D eigenvalue weighted by atomic mass is 10.0. The highest BCUT2D eigenvalue weighted by Crippen LogP contribution is 2.15. The van der Waals surface area contributed by atoms with Gasteiger partial charge in [0.25, 0.3) is 0 Å². The molecule has 0 saturated heterocycles. The van der Waals surface area contributed by atoms with Crippen molar-refractivity contribution in [3.05, 3.63) is 0 Å². The number of hydrogen-bond acceptors (Lipinski definition) is 2. The number of imide groups is 1. The summed E-state index contributed by atoms with van der Waals surface area (Å²) in [6, 6.07) is -1.88. The van der Waals surface area contributed by atoms with Crippen molar-refractivity contribution in [3.63, 3.8) is 0 Å². The molecule has 0 radical (unpaired) electrons. The summed E-state index contributed by atoms with van der Waals surface area (Å²) >= 11 is 0. The van der Waals surface area contributed by atoms with E-state index in [0.29, 0.717) is 0 Å². The van der Waals surface area contributed by atoms with E-state index < -0.39 is 12.1 Å². The molecular weight excluding hydrogens is 146 g/mol. The maximum Gasteiger partial charge on any atom is 0.320 e. The Kier molecular flexibility index (Phi) is 4.89. The van der Waals surface area contributed by atoms with E-state index in [1.54, 1.807) is 5.32 Å². The van der Waals surface area contributed by atoms with Crippen LogP contribution in [0.5, 0.6) is 0 Å². The van der Waals surface area contributed by atoms with Gasteiger partial charge in [-0.05, 0) is 0 Å². The summed E-state index contributed by atoms with van der Waals surface area (Å²) in [7, 11) is 0. The standard InChI is InChI=1S/C4H8.C2H5N3O2/c1-2-4-3-1;3-1(6)5-2(4)7/h1-4H2;(H5,3,4,5,6,7). The van der Waals surface area contributed by atoms with E-state index in [1.807, 2.05) is 0 Å². The summed E-state index contributed by atoms with van der Waals surface area (Å²) in [4.78, 5) is 19.2. The molecule has 0 aliphatic heterocycles. The van der Waals surface area contributed by atoms with Gasteiger partial charge in [0.2, 0.25) is 0 Å². The maximum atomic E-state index is 9.62. The van der Waals surface area contributed by atoms with E-state index in [1.165, 1.54) is 25.7 Å². The summed E-state index contributed by atoms with van der Waals surface area (Å²) in [5.41, 5.74) is 8.88. The summed E-state index contributed by atoms with van der Waals surface area (Å²) in [5.74, 6) is 0. The van der Waals surface area contributed by atoms with Crippen LogP contribution in [0.15, 0.2) is 0 Å². The monoisotopic (exact) mass is 159 g/mol. The third-order valence-corrected chi connectivity index (χ3v) is 1.25. The van der Waals surface area contributed by atoms with Gasteiger partial charge < -0.3 is 11.5 Å². The predicted molar refractivity (Wildman–Crippen MR) is 40.8 cm³/mol. The molecule has 0 unspecified atom stereocenters. The molecule has 4 amide bonds. The van der Waals surface area contributed by atoms with E-state index in [-0.39, 0.29) is 0 Å². The van der Waals surface area contributed by atoms with Crippen LogP contribution >= 0.6 is 0 Å². The fraction of sp³-hybridized carbons (Fsp3) is 0.667. The Morgan fingerprint density at radius 2 is 1.18 bits per heavy atom. The molecule has 0 aromatic heterocycles. The second-order valence-electron chi connectivity index (χ2n) is 2.27. The SMILES string of the molecule is C1CCC1.NC(=O)NC(N)=O. The lowest BCUT2D eigenvalue weighted by Crippen LogP contribution is -2.38. The van der Waals surface area contributed by atoms with Crippen LogP contribution in [-0.4, -0.2) is 12.1 Å². The van der Waals surface area contributed by atoms with Crippen LogP contribution in [-0.2, 0) is 0 Å². The fourth-order valence-corrected chi connectivity index (χ4v) is 0.371. The molecule has 1 rings (SSSR count). The first kappa shape index (κ1) is 9.74. The summed E-state index contributed by atoms with van der Waals surface area (Å²) < 4.78 is 0. The van der Waals surface area contributed by atoms with Crippen molar-refractivity contribution in [2.45, 2.75) is 25.7 Å². The molecule has 0 aromatic rings. The summed E-state index contributed by atoms with van der Waals surface area (Å²) in [6.45, 7) is 0. The Hall–Kier alpha value is -1.26. The molecule has 5 heteroatoms. The smallest absolute Gasteiger partial charge is 0.320 e. The van der Waals surface area contributed by atoms with E-state index >= 15 is 0 Å². The van der Waals surface area contributed by atoms with Crippen molar-refractivity contribution in [1.82, 2.24) is 5.32 Å². The number of carbonyl (C=O) groups excluding carboxylic acids is 2. The molecule has 0 bridgehead atoms.